The molecule has 752 valence electrons. The van der Waals surface area contributed by atoms with Crippen molar-refractivity contribution in [3.8, 4) is 23.0 Å². The van der Waals surface area contributed by atoms with E-state index >= 15 is 0 Å². The molecule has 6 heterocycles. The van der Waals surface area contributed by atoms with Crippen molar-refractivity contribution in [1.82, 2.24) is 0 Å². The summed E-state index contributed by atoms with van der Waals surface area (Å²) in [6.07, 6.45) is 0. The highest BCUT2D eigenvalue weighted by Crippen LogP contribution is 2.53. The number of fused-ring (bicyclic) bond motifs is 12. The number of ether oxygens (including phenoxy) is 2. The summed E-state index contributed by atoms with van der Waals surface area (Å²) in [6, 6.07) is 80.8. The number of nitrogens with zero attached hydrogens (tertiary/aromatic N) is 6. The van der Waals surface area contributed by atoms with Crippen LogP contribution in [0.25, 0.3) is 0 Å². The molecule has 0 saturated heterocycles. The maximum atomic E-state index is 7.20. The second-order valence-corrected chi connectivity index (χ2v) is 46.0. The van der Waals surface area contributed by atoms with Crippen molar-refractivity contribution >= 4 is 172 Å². The first-order chi connectivity index (χ1) is 71.1. The largest absolute Gasteiger partial charge is 0.458 e. The fourth-order valence-electron chi connectivity index (χ4n) is 24.7. The van der Waals surface area contributed by atoms with Gasteiger partial charge in [0, 0.05) is 108 Å². The summed E-state index contributed by atoms with van der Waals surface area (Å²) in [7, 11) is 0. The summed E-state index contributed by atoms with van der Waals surface area (Å²) in [5.41, 5.74) is 81.7. The Morgan fingerprint density at radius 1 is 0.160 bits per heavy atom. The molecule has 6 aliphatic heterocycles. The second-order valence-electron chi connectivity index (χ2n) is 46.0. The van der Waals surface area contributed by atoms with Gasteiger partial charge in [0.2, 0.25) is 0 Å². The van der Waals surface area contributed by atoms with Crippen LogP contribution in [0.1, 0.15) is 206 Å². The lowest BCUT2D eigenvalue weighted by Gasteiger charge is -2.45. The summed E-state index contributed by atoms with van der Waals surface area (Å²) >= 11 is 0. The molecule has 150 heavy (non-hydrogen) atoms. The van der Waals surface area contributed by atoms with Crippen molar-refractivity contribution in [2.24, 2.45) is 0 Å². The molecule has 6 aliphatic rings. The Morgan fingerprint density at radius 2 is 0.373 bits per heavy atom. The molecule has 17 aromatic carbocycles. The SMILES string of the molecule is Cc1cc2c(cc1C)B1c3cc(C)c(C)cc3N(c3cc(C)c(C)c(C)c3)c3cc(C)c(C)c(c31)O2.Cc1cc2c(cc1C)N(c1cc(C)c(C)c(C)c1)c1cc(C)c(C)c3c1B2c1ccc(N(c2cc(C)c(C)c(C)c2)c2cc(C)c(C)c(C)c2)cc1O3.Cc1cc2c3c(c1)N(c1cc(C)c(C)c(C)c1)c1cc(C)c(C)cc1B3c1ccc(N(c3cc(C)c(C)c(C)c3)c3cc(C)c(C)c(C)c3)cc1N2c1cc(C)c(C)c(C)c1. The normalized spacial score (nSPS) is 12.8. The van der Waals surface area contributed by atoms with Crippen molar-refractivity contribution in [1.29, 1.82) is 0 Å². The summed E-state index contributed by atoms with van der Waals surface area (Å²) in [6.45, 7) is 82.9. The molecule has 0 radical (unpaired) electrons. The van der Waals surface area contributed by atoms with E-state index in [4.69, 9.17) is 9.47 Å². The Kier molecular flexibility index (Phi) is 25.3. The topological polar surface area (TPSA) is 37.9 Å². The van der Waals surface area contributed by atoms with Crippen LogP contribution in [0.5, 0.6) is 23.0 Å². The average molecular weight is 1960 g/mol. The molecule has 0 bridgehead atoms. The van der Waals surface area contributed by atoms with E-state index in [0.29, 0.717) is 0 Å². The predicted octanol–water partition coefficient (Wildman–Crippen LogP) is 32.3. The van der Waals surface area contributed by atoms with Crippen LogP contribution in [-0.4, -0.2) is 20.1 Å². The van der Waals surface area contributed by atoms with Gasteiger partial charge < -0.3 is 38.9 Å². The first-order valence-corrected chi connectivity index (χ1v) is 54.1. The van der Waals surface area contributed by atoms with E-state index in [9.17, 15) is 0 Å². The van der Waals surface area contributed by atoms with Gasteiger partial charge in [-0.15, -0.1) is 0 Å². The summed E-state index contributed by atoms with van der Waals surface area (Å²) < 4.78 is 14.0. The lowest BCUT2D eigenvalue weighted by molar-refractivity contribution is 0.482. The third-order valence-electron chi connectivity index (χ3n) is 36.4. The van der Waals surface area contributed by atoms with Crippen molar-refractivity contribution in [2.75, 3.05) is 29.4 Å². The zero-order valence-corrected chi connectivity index (χ0v) is 95.9. The van der Waals surface area contributed by atoms with Crippen LogP contribution < -0.4 is 88.0 Å². The van der Waals surface area contributed by atoms with E-state index in [0.717, 1.165) is 45.7 Å². The van der Waals surface area contributed by atoms with E-state index < -0.39 is 0 Å². The van der Waals surface area contributed by atoms with Crippen LogP contribution in [-0.2, 0) is 0 Å². The van der Waals surface area contributed by atoms with E-state index in [2.05, 4.69) is 492 Å². The van der Waals surface area contributed by atoms with Gasteiger partial charge in [-0.2, -0.15) is 0 Å². The molecular formula is C139H145B3N6O2. The zero-order valence-electron chi connectivity index (χ0n) is 95.9. The number of rotatable bonds is 10. The maximum Gasteiger partial charge on any atom is 0.256 e. The van der Waals surface area contributed by atoms with Crippen molar-refractivity contribution in [3.05, 3.63) is 412 Å². The van der Waals surface area contributed by atoms with E-state index in [1.165, 1.54) is 335 Å². The Hall–Kier alpha value is -14.7. The number of aryl methyl sites for hydroxylation is 27. The van der Waals surface area contributed by atoms with Gasteiger partial charge in [-0.1, -0.05) is 36.4 Å². The van der Waals surface area contributed by atoms with Crippen molar-refractivity contribution in [3.63, 3.8) is 0 Å². The molecule has 23 rings (SSSR count). The molecule has 0 fully saturated rings. The van der Waals surface area contributed by atoms with Crippen molar-refractivity contribution in [2.45, 2.75) is 256 Å². The summed E-state index contributed by atoms with van der Waals surface area (Å²) in [5, 5.41) is 0. The molecule has 0 spiro atoms. The van der Waals surface area contributed by atoms with Crippen LogP contribution in [0.4, 0.5) is 102 Å². The number of hydrogen-bond donors (Lipinski definition) is 0. The van der Waals surface area contributed by atoms with Gasteiger partial charge in [0.1, 0.15) is 23.0 Å². The van der Waals surface area contributed by atoms with Gasteiger partial charge >= 0.3 is 0 Å². The average Bonchev–Trinajstić information content (AvgIpc) is 0.739. The molecule has 0 atom stereocenters. The highest BCUT2D eigenvalue weighted by Gasteiger charge is 2.49. The molecule has 11 heteroatoms. The number of anilines is 18. The maximum absolute atomic E-state index is 7.20. The quantitative estimate of drug-likeness (QED) is 0.125. The highest BCUT2D eigenvalue weighted by atomic mass is 16.5. The van der Waals surface area contributed by atoms with Gasteiger partial charge in [0.25, 0.3) is 20.1 Å². The summed E-state index contributed by atoms with van der Waals surface area (Å²) in [5.74, 6) is 3.93. The molecule has 0 aromatic heterocycles. The first-order valence-electron chi connectivity index (χ1n) is 54.1. The van der Waals surface area contributed by atoms with Crippen LogP contribution in [0, 0.1) is 256 Å². The fourth-order valence-corrected chi connectivity index (χ4v) is 24.7. The monoisotopic (exact) mass is 1960 g/mol. The highest BCUT2D eigenvalue weighted by molar-refractivity contribution is 7.01. The summed E-state index contributed by atoms with van der Waals surface area (Å²) in [4.78, 5) is 15.0. The van der Waals surface area contributed by atoms with Crippen LogP contribution in [0.15, 0.2) is 206 Å². The molecule has 8 nitrogen and oxygen atoms in total. The minimum absolute atomic E-state index is 0.0384. The Morgan fingerprint density at radius 3 is 0.673 bits per heavy atom. The van der Waals surface area contributed by atoms with Gasteiger partial charge in [0.15, 0.2) is 0 Å². The lowest BCUT2D eigenvalue weighted by atomic mass is 9.33. The Labute approximate surface area is 895 Å². The van der Waals surface area contributed by atoms with E-state index in [1.54, 1.807) is 0 Å². The third kappa shape index (κ3) is 16.6. The van der Waals surface area contributed by atoms with Gasteiger partial charge in [0.05, 0.1) is 0 Å². The fraction of sp³-hybridized carbons (Fsp3) is 0.266. The minimum atomic E-state index is 0.0384. The Bertz CT molecular complexity index is 8420. The molecule has 0 N–H and O–H groups in total. The van der Waals surface area contributed by atoms with Gasteiger partial charge in [-0.3, -0.25) is 0 Å². The lowest BCUT2D eigenvalue weighted by Crippen LogP contribution is -2.61. The van der Waals surface area contributed by atoms with Crippen molar-refractivity contribution < 1.29 is 9.47 Å². The Balaban J connectivity index is 0.000000135. The molecule has 0 amide bonds. The van der Waals surface area contributed by atoms with Gasteiger partial charge in [-0.05, 0) is 675 Å². The third-order valence-corrected chi connectivity index (χ3v) is 36.4. The number of benzene rings is 17. The molecule has 0 unspecified atom stereocenters. The number of hydrogen-bond acceptors (Lipinski definition) is 8. The molecule has 17 aromatic rings. The van der Waals surface area contributed by atoms with Gasteiger partial charge in [-0.25, -0.2) is 0 Å². The smallest absolute Gasteiger partial charge is 0.256 e. The zero-order chi connectivity index (χ0) is 107. The van der Waals surface area contributed by atoms with E-state index in [1.807, 2.05) is 0 Å². The standard InChI is InChI=1S/C57H60BN3.C49H51BN2O.C33H34BNO/c1-31-18-55-57-56(19-31)61(50-26-40(10)45(15)41(11)27-50)54-30-46(59(47-20-34(4)42(12)35(5)21-47)48-22-36(6)43(13)37(7)23-48)16-17-51(54)58(57)52-28-32(2)33(3)29-53(52)60(55)49-24-38(8)44(14)39(9)25-49;1-26-22-44-45(23-27(26)2)52(42-20-32(7)37(12)33(8)21-42)46-24-34(9)38(13)49-48(46)50(44)43-15-14-39(25-47(43)53-49)51(40-16-28(3)35(10)29(4)17-40)41-18-30(5)36(11)31(6)19-41;1-17-12-27-29(14-19(17)3)35(26-10-21(5)24(8)22(6)11-26)30-15-23(7)25(9)33-32(30)34(27)28-13-18(2)20(4)16-31(28)36-33/h16-30H,1-15H3;14-25H,1-13H3;10-16H,1-9H3. The molecule has 0 aliphatic carbocycles. The van der Waals surface area contributed by atoms with Crippen LogP contribution >= 0.6 is 0 Å². The molecular weight excluding hydrogens is 1820 g/mol. The molecule has 0 saturated carbocycles. The first kappa shape index (κ1) is 101. The van der Waals surface area contributed by atoms with Crippen LogP contribution in [0.2, 0.25) is 0 Å². The second kappa shape index (κ2) is 37.5. The predicted molar refractivity (Wildman–Crippen MR) is 650 cm³/mol. The van der Waals surface area contributed by atoms with E-state index in [-0.39, 0.29) is 20.1 Å². The minimum Gasteiger partial charge on any atom is -0.458 e. The van der Waals surface area contributed by atoms with Crippen LogP contribution in [0.3, 0.4) is 0 Å².